The van der Waals surface area contributed by atoms with Gasteiger partial charge in [-0.25, -0.2) is 4.99 Å². The second-order valence-electron chi connectivity index (χ2n) is 6.18. The number of nitrogens with two attached hydrogens (primary N) is 1. The highest BCUT2D eigenvalue weighted by atomic mass is 32.1. The zero-order valence-corrected chi connectivity index (χ0v) is 13.0. The summed E-state index contributed by atoms with van der Waals surface area (Å²) in [5.74, 6) is 0.687. The lowest BCUT2D eigenvalue weighted by Crippen LogP contribution is -2.39. The first kappa shape index (κ1) is 12.9. The van der Waals surface area contributed by atoms with E-state index in [9.17, 15) is 0 Å². The Hall–Kier alpha value is -1.81. The summed E-state index contributed by atoms with van der Waals surface area (Å²) in [5.41, 5.74) is 11.7. The van der Waals surface area contributed by atoms with Crippen LogP contribution in [-0.4, -0.2) is 30.0 Å². The second kappa shape index (κ2) is 4.60. The maximum Gasteiger partial charge on any atom is 0.191 e. The molecule has 0 radical (unpaired) electrons. The lowest BCUT2D eigenvalue weighted by atomic mass is 9.76. The second-order valence-corrected chi connectivity index (χ2v) is 6.96. The predicted molar refractivity (Wildman–Crippen MR) is 88.8 cm³/mol. The number of likely N-dealkylation sites (N-methyl/N-ethyl adjacent to an activating group) is 1. The van der Waals surface area contributed by atoms with Gasteiger partial charge >= 0.3 is 0 Å². The number of nitrogens with zero attached hydrogens (tertiary/aromatic N) is 2. The van der Waals surface area contributed by atoms with E-state index in [-0.39, 0.29) is 5.54 Å². The lowest BCUT2D eigenvalue weighted by molar-refractivity contribution is 0.335. The van der Waals surface area contributed by atoms with Gasteiger partial charge in [-0.2, -0.15) is 11.3 Å². The van der Waals surface area contributed by atoms with E-state index in [2.05, 4.69) is 39.9 Å². The number of rotatable bonds is 1. The molecule has 21 heavy (non-hydrogen) atoms. The van der Waals surface area contributed by atoms with Gasteiger partial charge in [0.25, 0.3) is 0 Å². The van der Waals surface area contributed by atoms with Gasteiger partial charge in [0, 0.05) is 13.6 Å². The van der Waals surface area contributed by atoms with Crippen LogP contribution in [0.1, 0.15) is 17.5 Å². The van der Waals surface area contributed by atoms with Gasteiger partial charge in [0.2, 0.25) is 0 Å². The van der Waals surface area contributed by atoms with E-state index in [1.54, 1.807) is 11.3 Å². The Morgan fingerprint density at radius 1 is 1.33 bits per heavy atom. The van der Waals surface area contributed by atoms with Crippen molar-refractivity contribution in [2.24, 2.45) is 10.7 Å². The van der Waals surface area contributed by atoms with Crippen LogP contribution in [0.4, 0.5) is 0 Å². The van der Waals surface area contributed by atoms with Crippen molar-refractivity contribution in [3.05, 3.63) is 46.2 Å². The van der Waals surface area contributed by atoms with Gasteiger partial charge in [0.05, 0.1) is 5.54 Å². The fraction of sp³-hybridized carbons (Fsp3) is 0.353. The Morgan fingerprint density at radius 2 is 2.24 bits per heavy atom. The summed E-state index contributed by atoms with van der Waals surface area (Å²) in [5, 5.41) is 4.38. The number of aliphatic imine (C=N–C) groups is 1. The maximum atomic E-state index is 5.99. The van der Waals surface area contributed by atoms with Crippen LogP contribution in [0, 0.1) is 0 Å². The van der Waals surface area contributed by atoms with Crippen LogP contribution >= 0.6 is 11.3 Å². The molecule has 4 heteroatoms. The van der Waals surface area contributed by atoms with E-state index in [1.807, 2.05) is 7.05 Å². The van der Waals surface area contributed by atoms with Crippen LogP contribution in [0.2, 0.25) is 0 Å². The molecule has 0 saturated carbocycles. The van der Waals surface area contributed by atoms with Gasteiger partial charge in [-0.05, 0) is 58.3 Å². The average Bonchev–Trinajstić information content (AvgIpc) is 3.08. The molecule has 1 aromatic carbocycles. The molecule has 0 amide bonds. The lowest BCUT2D eigenvalue weighted by Gasteiger charge is -2.33. The van der Waals surface area contributed by atoms with Crippen LogP contribution < -0.4 is 5.73 Å². The highest BCUT2D eigenvalue weighted by Gasteiger charge is 2.40. The third-order valence-electron chi connectivity index (χ3n) is 4.74. The molecule has 2 aliphatic rings. The van der Waals surface area contributed by atoms with Crippen LogP contribution in [0.15, 0.2) is 40.0 Å². The fourth-order valence-electron chi connectivity index (χ4n) is 3.70. The molecule has 1 aromatic heterocycles. The molecule has 4 rings (SSSR count). The third-order valence-corrected chi connectivity index (χ3v) is 5.42. The molecule has 2 N–H and O–H groups in total. The Bertz CT molecular complexity index is 705. The summed E-state index contributed by atoms with van der Waals surface area (Å²) in [4.78, 5) is 6.85. The topological polar surface area (TPSA) is 41.6 Å². The van der Waals surface area contributed by atoms with Crippen molar-refractivity contribution in [1.29, 1.82) is 0 Å². The summed E-state index contributed by atoms with van der Waals surface area (Å²) in [6, 6.07) is 8.90. The molecular weight excluding hydrogens is 278 g/mol. The first-order chi connectivity index (χ1) is 10.2. The minimum Gasteiger partial charge on any atom is -0.370 e. The molecule has 1 aliphatic carbocycles. The van der Waals surface area contributed by atoms with Gasteiger partial charge in [-0.3, -0.25) is 0 Å². The molecule has 3 nitrogen and oxygen atoms in total. The van der Waals surface area contributed by atoms with Crippen molar-refractivity contribution in [3.8, 4) is 11.1 Å². The van der Waals surface area contributed by atoms with Gasteiger partial charge < -0.3 is 10.6 Å². The number of fused-ring (bicyclic) bond motifs is 1. The smallest absolute Gasteiger partial charge is 0.191 e. The number of hydrogen-bond donors (Lipinski definition) is 1. The normalized spacial score (nSPS) is 24.2. The van der Waals surface area contributed by atoms with Crippen molar-refractivity contribution in [3.63, 3.8) is 0 Å². The van der Waals surface area contributed by atoms with E-state index in [1.165, 1.54) is 22.3 Å². The van der Waals surface area contributed by atoms with E-state index in [4.69, 9.17) is 10.7 Å². The van der Waals surface area contributed by atoms with Crippen molar-refractivity contribution in [1.82, 2.24) is 4.90 Å². The van der Waals surface area contributed by atoms with E-state index in [0.717, 1.165) is 25.8 Å². The van der Waals surface area contributed by atoms with E-state index in [0.29, 0.717) is 5.96 Å². The van der Waals surface area contributed by atoms with Gasteiger partial charge in [-0.15, -0.1) is 0 Å². The zero-order chi connectivity index (χ0) is 14.4. The Labute approximate surface area is 129 Å². The number of thiophene rings is 1. The summed E-state index contributed by atoms with van der Waals surface area (Å²) < 4.78 is 0. The summed E-state index contributed by atoms with van der Waals surface area (Å²) in [6.45, 7) is 0.945. The molecule has 1 atom stereocenters. The van der Waals surface area contributed by atoms with Crippen LogP contribution in [0.25, 0.3) is 11.1 Å². The van der Waals surface area contributed by atoms with Crippen LogP contribution in [-0.2, 0) is 12.8 Å². The van der Waals surface area contributed by atoms with Gasteiger partial charge in [0.15, 0.2) is 5.96 Å². The SMILES string of the molecule is CN1CC2(CCc3c(cccc3-c3ccsc3)C2)N=C1N. The first-order valence-electron chi connectivity index (χ1n) is 7.37. The van der Waals surface area contributed by atoms with Gasteiger partial charge in [-0.1, -0.05) is 18.2 Å². The highest BCUT2D eigenvalue weighted by molar-refractivity contribution is 7.08. The highest BCUT2D eigenvalue weighted by Crippen LogP contribution is 2.39. The van der Waals surface area contributed by atoms with Gasteiger partial charge in [0.1, 0.15) is 0 Å². The largest absolute Gasteiger partial charge is 0.370 e. The molecule has 0 bridgehead atoms. The van der Waals surface area contributed by atoms with Crippen molar-refractivity contribution in [2.75, 3.05) is 13.6 Å². The zero-order valence-electron chi connectivity index (χ0n) is 12.2. The summed E-state index contributed by atoms with van der Waals surface area (Å²) in [6.07, 6.45) is 3.18. The van der Waals surface area contributed by atoms with E-state index < -0.39 is 0 Å². The monoisotopic (exact) mass is 297 g/mol. The Balaban J connectivity index is 1.74. The van der Waals surface area contributed by atoms with Crippen molar-refractivity contribution >= 4 is 17.3 Å². The molecule has 108 valence electrons. The third kappa shape index (κ3) is 2.05. The maximum absolute atomic E-state index is 5.99. The summed E-state index contributed by atoms with van der Waals surface area (Å²) in [7, 11) is 2.03. The molecule has 1 aliphatic heterocycles. The van der Waals surface area contributed by atoms with Crippen molar-refractivity contribution in [2.45, 2.75) is 24.8 Å². The van der Waals surface area contributed by atoms with Crippen LogP contribution in [0.3, 0.4) is 0 Å². The quantitative estimate of drug-likeness (QED) is 0.879. The molecular formula is C17H19N3S. The standard InChI is InChI=1S/C17H19N3S/c1-20-11-17(19-16(20)18)7-5-15-12(9-17)3-2-4-14(15)13-6-8-21-10-13/h2-4,6,8,10H,5,7,9,11H2,1H3,(H2,18,19). The molecule has 2 aromatic rings. The van der Waals surface area contributed by atoms with Crippen LogP contribution in [0.5, 0.6) is 0 Å². The molecule has 0 saturated heterocycles. The molecule has 2 heterocycles. The average molecular weight is 297 g/mol. The van der Waals surface area contributed by atoms with Crippen molar-refractivity contribution < 1.29 is 0 Å². The minimum absolute atomic E-state index is 0.000890. The molecule has 1 unspecified atom stereocenters. The summed E-state index contributed by atoms with van der Waals surface area (Å²) >= 11 is 1.76. The molecule has 0 fully saturated rings. The fourth-order valence-corrected chi connectivity index (χ4v) is 4.36. The van der Waals surface area contributed by atoms with E-state index >= 15 is 0 Å². The predicted octanol–water partition coefficient (Wildman–Crippen LogP) is 2.90. The Morgan fingerprint density at radius 3 is 2.95 bits per heavy atom. The molecule has 1 spiro atoms. The number of guanidine groups is 1. The Kier molecular flexibility index (Phi) is 2.82. The number of hydrogen-bond acceptors (Lipinski definition) is 4. The minimum atomic E-state index is -0.000890. The first-order valence-corrected chi connectivity index (χ1v) is 8.31. The number of benzene rings is 1.